The number of allylic oxidation sites excluding steroid dienone is 1. The van der Waals surface area contributed by atoms with Gasteiger partial charge in [-0.05, 0) is 68.7 Å². The minimum absolute atomic E-state index is 0.0705. The average molecular weight is 535 g/mol. The number of benzene rings is 2. The van der Waals surface area contributed by atoms with E-state index in [4.69, 9.17) is 32.7 Å². The second kappa shape index (κ2) is 13.0. The van der Waals surface area contributed by atoms with Crippen molar-refractivity contribution in [2.45, 2.75) is 64.0 Å². The number of β-amino-alcohol motifs (C(OH)–C–C–N with tert-alkyl or cyclic N) is 1. The Morgan fingerprint density at radius 3 is 2.47 bits per heavy atom. The fourth-order valence-electron chi connectivity index (χ4n) is 4.89. The molecule has 0 radical (unpaired) electrons. The van der Waals surface area contributed by atoms with Crippen molar-refractivity contribution < 1.29 is 19.4 Å². The highest BCUT2D eigenvalue weighted by Crippen LogP contribution is 2.39. The van der Waals surface area contributed by atoms with E-state index in [1.54, 1.807) is 25.1 Å². The molecular formula is C29H37Cl2NO4. The molecule has 0 saturated carbocycles. The molecule has 1 unspecified atom stereocenters. The minimum atomic E-state index is -0.718. The van der Waals surface area contributed by atoms with Crippen LogP contribution in [0.4, 0.5) is 0 Å². The molecule has 0 spiro atoms. The predicted octanol–water partition coefficient (Wildman–Crippen LogP) is 6.13. The monoisotopic (exact) mass is 533 g/mol. The summed E-state index contributed by atoms with van der Waals surface area (Å²) in [6.07, 6.45) is 4.29. The summed E-state index contributed by atoms with van der Waals surface area (Å²) in [6.45, 7) is 10.7. The smallest absolute Gasteiger partial charge is 0.306 e. The van der Waals surface area contributed by atoms with Crippen molar-refractivity contribution in [2.75, 3.05) is 19.8 Å². The summed E-state index contributed by atoms with van der Waals surface area (Å²) in [5.41, 5.74) is 3.46. The van der Waals surface area contributed by atoms with Crippen molar-refractivity contribution in [3.8, 4) is 5.75 Å². The fraction of sp³-hybridized carbons (Fsp3) is 0.483. The molecule has 1 aliphatic carbocycles. The summed E-state index contributed by atoms with van der Waals surface area (Å²) in [5, 5.41) is 14.6. The molecule has 0 saturated heterocycles. The Kier molecular flexibility index (Phi) is 10.3. The molecule has 0 heterocycles. The fourth-order valence-corrected chi connectivity index (χ4v) is 5.41. The molecule has 2 atom stereocenters. The SMILES string of the molecule is C=CC(CC(=O)OCC)c1ccc(OC[C@H](O)CNC(C)(C)CC2Cc3ccccc3C2)c(Cl)c1Cl. The van der Waals surface area contributed by atoms with Crippen LogP contribution in [0.5, 0.6) is 5.75 Å². The molecule has 7 heteroatoms. The first-order valence-electron chi connectivity index (χ1n) is 12.5. The quantitative estimate of drug-likeness (QED) is 0.239. The minimum Gasteiger partial charge on any atom is -0.489 e. The molecule has 1 aliphatic rings. The molecule has 2 N–H and O–H groups in total. The second-order valence-electron chi connectivity index (χ2n) is 10.1. The topological polar surface area (TPSA) is 67.8 Å². The van der Waals surface area contributed by atoms with E-state index in [0.717, 1.165) is 19.3 Å². The number of aliphatic hydroxyl groups excluding tert-OH is 1. The number of nitrogens with one attached hydrogen (secondary N) is 1. The normalized spacial score (nSPS) is 15.3. The Morgan fingerprint density at radius 2 is 1.86 bits per heavy atom. The summed E-state index contributed by atoms with van der Waals surface area (Å²) < 4.78 is 10.8. The number of halogens is 2. The Labute approximate surface area is 224 Å². The Morgan fingerprint density at radius 1 is 1.19 bits per heavy atom. The van der Waals surface area contributed by atoms with Crippen LogP contribution in [0.15, 0.2) is 49.1 Å². The van der Waals surface area contributed by atoms with Crippen LogP contribution in [0, 0.1) is 5.92 Å². The number of fused-ring (bicyclic) bond motifs is 1. The molecule has 36 heavy (non-hydrogen) atoms. The number of carbonyl (C=O) groups is 1. The lowest BCUT2D eigenvalue weighted by molar-refractivity contribution is -0.143. The highest BCUT2D eigenvalue weighted by molar-refractivity contribution is 6.43. The molecule has 3 rings (SSSR count). The Bertz CT molecular complexity index is 1030. The van der Waals surface area contributed by atoms with Gasteiger partial charge in [0.05, 0.1) is 18.1 Å². The summed E-state index contributed by atoms with van der Waals surface area (Å²) in [4.78, 5) is 11.9. The number of rotatable bonds is 13. The van der Waals surface area contributed by atoms with E-state index in [9.17, 15) is 9.90 Å². The van der Waals surface area contributed by atoms with Gasteiger partial charge in [-0.1, -0.05) is 59.6 Å². The lowest BCUT2D eigenvalue weighted by Gasteiger charge is -2.30. The second-order valence-corrected chi connectivity index (χ2v) is 10.9. The Balaban J connectivity index is 1.50. The van der Waals surface area contributed by atoms with E-state index in [-0.39, 0.29) is 35.5 Å². The third-order valence-electron chi connectivity index (χ3n) is 6.63. The average Bonchev–Trinajstić information content (AvgIpc) is 3.24. The highest BCUT2D eigenvalue weighted by Gasteiger charge is 2.28. The maximum atomic E-state index is 11.9. The maximum absolute atomic E-state index is 11.9. The van der Waals surface area contributed by atoms with Gasteiger partial charge in [0, 0.05) is 18.0 Å². The number of carbonyl (C=O) groups excluding carboxylic acids is 1. The van der Waals surface area contributed by atoms with Gasteiger partial charge in [0.1, 0.15) is 23.5 Å². The summed E-state index contributed by atoms with van der Waals surface area (Å²) >= 11 is 13.0. The van der Waals surface area contributed by atoms with Crippen molar-refractivity contribution in [3.63, 3.8) is 0 Å². The van der Waals surface area contributed by atoms with Crippen LogP contribution in [-0.4, -0.2) is 42.5 Å². The van der Waals surface area contributed by atoms with Gasteiger partial charge in [-0.15, -0.1) is 6.58 Å². The van der Waals surface area contributed by atoms with Crippen molar-refractivity contribution in [1.29, 1.82) is 0 Å². The lowest BCUT2D eigenvalue weighted by Crippen LogP contribution is -2.46. The number of aliphatic hydroxyl groups is 1. The first-order chi connectivity index (χ1) is 17.1. The lowest BCUT2D eigenvalue weighted by atomic mass is 9.88. The molecule has 5 nitrogen and oxygen atoms in total. The molecule has 0 amide bonds. The summed E-state index contributed by atoms with van der Waals surface area (Å²) in [7, 11) is 0. The highest BCUT2D eigenvalue weighted by atomic mass is 35.5. The van der Waals surface area contributed by atoms with Crippen LogP contribution in [0.3, 0.4) is 0 Å². The predicted molar refractivity (Wildman–Crippen MR) is 146 cm³/mol. The van der Waals surface area contributed by atoms with Crippen LogP contribution in [0.1, 0.15) is 56.2 Å². The van der Waals surface area contributed by atoms with E-state index in [1.165, 1.54) is 11.1 Å². The molecule has 196 valence electrons. The number of esters is 1. The Hall–Kier alpha value is -2.05. The van der Waals surface area contributed by atoms with Crippen molar-refractivity contribution >= 4 is 29.2 Å². The van der Waals surface area contributed by atoms with Gasteiger partial charge in [0.2, 0.25) is 0 Å². The summed E-state index contributed by atoms with van der Waals surface area (Å²) in [5.74, 6) is 0.325. The van der Waals surface area contributed by atoms with Crippen molar-refractivity contribution in [1.82, 2.24) is 5.32 Å². The van der Waals surface area contributed by atoms with Crippen molar-refractivity contribution in [2.24, 2.45) is 5.92 Å². The van der Waals surface area contributed by atoms with Crippen molar-refractivity contribution in [3.05, 3.63) is 75.8 Å². The first-order valence-corrected chi connectivity index (χ1v) is 13.3. The van der Waals surface area contributed by atoms with Gasteiger partial charge in [-0.2, -0.15) is 0 Å². The van der Waals surface area contributed by atoms with E-state index < -0.39 is 6.10 Å². The van der Waals surface area contributed by atoms with Crippen LogP contribution in [0.25, 0.3) is 0 Å². The zero-order valence-corrected chi connectivity index (χ0v) is 22.9. The molecule has 0 aromatic heterocycles. The van der Waals surface area contributed by atoms with Gasteiger partial charge in [-0.3, -0.25) is 4.79 Å². The zero-order chi connectivity index (χ0) is 26.3. The van der Waals surface area contributed by atoms with Crippen LogP contribution in [-0.2, 0) is 22.4 Å². The molecule has 2 aromatic carbocycles. The zero-order valence-electron chi connectivity index (χ0n) is 21.4. The first kappa shape index (κ1) is 28.5. The molecular weight excluding hydrogens is 497 g/mol. The van der Waals surface area contributed by atoms with Gasteiger partial charge in [0.25, 0.3) is 0 Å². The number of hydrogen-bond donors (Lipinski definition) is 2. The van der Waals surface area contributed by atoms with Gasteiger partial charge in [-0.25, -0.2) is 0 Å². The van der Waals surface area contributed by atoms with Crippen LogP contribution in [0.2, 0.25) is 10.0 Å². The van der Waals surface area contributed by atoms with E-state index >= 15 is 0 Å². The number of ether oxygens (including phenoxy) is 2. The standard InChI is InChI=1S/C29H37Cl2NO4/c1-5-20(15-26(34)35-6-2)24-11-12-25(28(31)27(24)30)36-18-23(33)17-32-29(3,4)16-19-13-21-9-7-8-10-22(21)14-19/h5,7-12,19-20,23,32-33H,1,6,13-18H2,2-4H3/t20?,23-/m1/s1. The summed E-state index contributed by atoms with van der Waals surface area (Å²) in [6, 6.07) is 12.1. The molecule has 2 aromatic rings. The van der Waals surface area contributed by atoms with Crippen LogP contribution < -0.4 is 10.1 Å². The number of hydrogen-bond acceptors (Lipinski definition) is 5. The third-order valence-corrected chi connectivity index (χ3v) is 7.51. The molecule has 0 bridgehead atoms. The molecule has 0 aliphatic heterocycles. The van der Waals surface area contributed by atoms with Gasteiger partial charge < -0.3 is 19.9 Å². The largest absolute Gasteiger partial charge is 0.489 e. The third kappa shape index (κ3) is 7.72. The van der Waals surface area contributed by atoms with E-state index in [2.05, 4.69) is 50.0 Å². The maximum Gasteiger partial charge on any atom is 0.306 e. The van der Waals surface area contributed by atoms with Gasteiger partial charge in [0.15, 0.2) is 0 Å². The van der Waals surface area contributed by atoms with E-state index in [1.807, 2.05) is 0 Å². The van der Waals surface area contributed by atoms with Crippen LogP contribution >= 0.6 is 23.2 Å². The van der Waals surface area contributed by atoms with Gasteiger partial charge >= 0.3 is 5.97 Å². The molecule has 0 fully saturated rings. The van der Waals surface area contributed by atoms with E-state index in [0.29, 0.717) is 35.4 Å².